The molecule has 13 heteroatoms. The summed E-state index contributed by atoms with van der Waals surface area (Å²) in [6, 6.07) is 4.96. The molecule has 3 heterocycles. The van der Waals surface area contributed by atoms with Gasteiger partial charge in [0.1, 0.15) is 29.6 Å². The normalized spacial score (nSPS) is 31.3. The maximum atomic E-state index is 13.4. The summed E-state index contributed by atoms with van der Waals surface area (Å²) in [7, 11) is -5.97. The topological polar surface area (TPSA) is 125 Å². The fourth-order valence-electron chi connectivity index (χ4n) is 3.44. The van der Waals surface area contributed by atoms with E-state index in [0.717, 1.165) is 0 Å². The minimum Gasteiger partial charge on any atom is -0.454 e. The molecule has 0 aromatic heterocycles. The van der Waals surface area contributed by atoms with E-state index >= 15 is 0 Å². The molecule has 4 atom stereocenters. The van der Waals surface area contributed by atoms with Crippen molar-refractivity contribution < 1.29 is 50.3 Å². The number of alkyl halides is 2. The SMILES string of the molecule is O=C1OC2(CC3OC2CC3OC(=O)C(F)(F)S(=O)(=O)O)Oc2cccc(I)c21. The van der Waals surface area contributed by atoms with E-state index in [9.17, 15) is 26.8 Å². The first kappa shape index (κ1) is 19.7. The molecule has 1 aromatic carbocycles. The van der Waals surface area contributed by atoms with Gasteiger partial charge in [0.2, 0.25) is 0 Å². The van der Waals surface area contributed by atoms with Gasteiger partial charge in [0.05, 0.1) is 6.42 Å². The van der Waals surface area contributed by atoms with Crippen LogP contribution in [0.25, 0.3) is 0 Å². The van der Waals surface area contributed by atoms with Gasteiger partial charge < -0.3 is 18.9 Å². The third kappa shape index (κ3) is 2.86. The number of ether oxygens (including phenoxy) is 4. The van der Waals surface area contributed by atoms with E-state index in [2.05, 4.69) is 4.74 Å². The summed E-state index contributed by atoms with van der Waals surface area (Å²) < 4.78 is 78.5. The molecular formula is C15H11F2IO9S. The highest BCUT2D eigenvalue weighted by molar-refractivity contribution is 14.1. The molecule has 2 fully saturated rings. The van der Waals surface area contributed by atoms with E-state index in [-0.39, 0.29) is 24.2 Å². The van der Waals surface area contributed by atoms with Crippen LogP contribution in [-0.4, -0.2) is 54.3 Å². The molecule has 2 saturated heterocycles. The lowest BCUT2D eigenvalue weighted by Gasteiger charge is -2.39. The lowest BCUT2D eigenvalue weighted by Crippen LogP contribution is -2.54. The van der Waals surface area contributed by atoms with Gasteiger partial charge in [-0.05, 0) is 34.7 Å². The van der Waals surface area contributed by atoms with Crippen LogP contribution in [0.2, 0.25) is 0 Å². The zero-order valence-corrected chi connectivity index (χ0v) is 16.6. The zero-order chi connectivity index (χ0) is 20.5. The third-order valence-electron chi connectivity index (χ3n) is 4.72. The average molecular weight is 532 g/mol. The maximum Gasteiger partial charge on any atom is 0.465 e. The van der Waals surface area contributed by atoms with Gasteiger partial charge in [-0.1, -0.05) is 6.07 Å². The van der Waals surface area contributed by atoms with Crippen molar-refractivity contribution in [1.82, 2.24) is 0 Å². The molecule has 3 aliphatic rings. The van der Waals surface area contributed by atoms with Crippen molar-refractivity contribution in [2.45, 2.75) is 42.2 Å². The Morgan fingerprint density at radius 1 is 1.36 bits per heavy atom. The van der Waals surface area contributed by atoms with Crippen LogP contribution >= 0.6 is 22.6 Å². The summed E-state index contributed by atoms with van der Waals surface area (Å²) in [5.41, 5.74) is 0.257. The van der Waals surface area contributed by atoms with Gasteiger partial charge in [0.15, 0.2) is 0 Å². The Morgan fingerprint density at radius 2 is 2.07 bits per heavy atom. The summed E-state index contributed by atoms with van der Waals surface area (Å²) in [6.07, 6.45) is -3.35. The fourth-order valence-corrected chi connectivity index (χ4v) is 4.40. The van der Waals surface area contributed by atoms with Gasteiger partial charge in [-0.3, -0.25) is 4.55 Å². The van der Waals surface area contributed by atoms with Crippen LogP contribution < -0.4 is 4.74 Å². The number of halogens is 3. The monoisotopic (exact) mass is 532 g/mol. The van der Waals surface area contributed by atoms with E-state index < -0.39 is 51.4 Å². The highest BCUT2D eigenvalue weighted by atomic mass is 127. The van der Waals surface area contributed by atoms with Gasteiger partial charge >= 0.3 is 27.3 Å². The van der Waals surface area contributed by atoms with Crippen molar-refractivity contribution in [3.8, 4) is 5.75 Å². The largest absolute Gasteiger partial charge is 0.465 e. The highest BCUT2D eigenvalue weighted by Crippen LogP contribution is 2.49. The lowest BCUT2D eigenvalue weighted by molar-refractivity contribution is -0.192. The van der Waals surface area contributed by atoms with Gasteiger partial charge in [0, 0.05) is 9.99 Å². The van der Waals surface area contributed by atoms with Gasteiger partial charge in [-0.25, -0.2) is 9.59 Å². The molecule has 3 aliphatic heterocycles. The Bertz CT molecular complexity index is 982. The third-order valence-corrected chi connectivity index (χ3v) is 6.44. The number of carbonyl (C=O) groups excluding carboxylic acids is 2. The van der Waals surface area contributed by atoms with Crippen molar-refractivity contribution in [2.75, 3.05) is 0 Å². The van der Waals surface area contributed by atoms with Crippen molar-refractivity contribution in [2.24, 2.45) is 0 Å². The van der Waals surface area contributed by atoms with E-state index in [1.807, 2.05) is 22.6 Å². The standard InChI is InChI=1S/C15H11F2IO9S/c16-15(17,28(21,22)23)13(20)25-8-4-10-14(5-9(8)24-10)26-7-3-1-2-6(18)11(7)12(19)27-14/h1-3,8-10H,4-5H2,(H,21,22,23). The maximum absolute atomic E-state index is 13.4. The molecule has 0 saturated carbocycles. The van der Waals surface area contributed by atoms with Crippen molar-refractivity contribution in [3.05, 3.63) is 27.3 Å². The van der Waals surface area contributed by atoms with Crippen LogP contribution in [0, 0.1) is 3.57 Å². The highest BCUT2D eigenvalue weighted by Gasteiger charge is 2.65. The molecule has 28 heavy (non-hydrogen) atoms. The number of rotatable bonds is 3. The summed E-state index contributed by atoms with van der Waals surface area (Å²) in [6.45, 7) is 0. The summed E-state index contributed by atoms with van der Waals surface area (Å²) in [4.78, 5) is 23.9. The van der Waals surface area contributed by atoms with E-state index in [1.54, 1.807) is 18.2 Å². The van der Waals surface area contributed by atoms with Crippen LogP contribution in [0.3, 0.4) is 0 Å². The quantitative estimate of drug-likeness (QED) is 0.350. The Labute approximate surface area is 170 Å². The second-order valence-electron chi connectivity index (χ2n) is 6.45. The minimum atomic E-state index is -5.97. The molecule has 9 nitrogen and oxygen atoms in total. The summed E-state index contributed by atoms with van der Waals surface area (Å²) >= 11 is 1.95. The number of hydrogen-bond acceptors (Lipinski definition) is 8. The predicted molar refractivity (Wildman–Crippen MR) is 92.2 cm³/mol. The molecule has 4 unspecified atom stereocenters. The summed E-state index contributed by atoms with van der Waals surface area (Å²) in [5.74, 6) is -4.25. The first-order valence-corrected chi connectivity index (χ1v) is 10.4. The first-order valence-electron chi connectivity index (χ1n) is 7.87. The van der Waals surface area contributed by atoms with Gasteiger partial charge in [-0.2, -0.15) is 17.2 Å². The predicted octanol–water partition coefficient (Wildman–Crippen LogP) is 1.49. The molecule has 152 valence electrons. The van der Waals surface area contributed by atoms with E-state index in [1.165, 1.54) is 0 Å². The Balaban J connectivity index is 1.51. The Hall–Kier alpha value is -1.58. The van der Waals surface area contributed by atoms with Crippen LogP contribution in [0.5, 0.6) is 5.75 Å². The molecule has 1 N–H and O–H groups in total. The number of carbonyl (C=O) groups is 2. The molecule has 0 amide bonds. The van der Waals surface area contributed by atoms with Gasteiger partial charge in [0.25, 0.3) is 5.79 Å². The summed E-state index contributed by atoms with van der Waals surface area (Å²) in [5, 5.41) is -5.10. The van der Waals surface area contributed by atoms with Gasteiger partial charge in [-0.15, -0.1) is 0 Å². The molecule has 4 rings (SSSR count). The van der Waals surface area contributed by atoms with Crippen LogP contribution in [0.4, 0.5) is 8.78 Å². The van der Waals surface area contributed by atoms with Crippen LogP contribution in [0.1, 0.15) is 23.2 Å². The lowest BCUT2D eigenvalue weighted by atomic mass is 9.90. The zero-order valence-electron chi connectivity index (χ0n) is 13.6. The second-order valence-corrected chi connectivity index (χ2v) is 9.08. The Kier molecular flexibility index (Phi) is 4.37. The smallest absolute Gasteiger partial charge is 0.454 e. The average Bonchev–Trinajstić information content (AvgIpc) is 3.10. The van der Waals surface area contributed by atoms with E-state index in [4.69, 9.17) is 18.8 Å². The molecular weight excluding hydrogens is 521 g/mol. The van der Waals surface area contributed by atoms with Crippen LogP contribution in [0.15, 0.2) is 18.2 Å². The van der Waals surface area contributed by atoms with E-state index in [0.29, 0.717) is 3.57 Å². The number of hydrogen-bond donors (Lipinski definition) is 1. The Morgan fingerprint density at radius 3 is 2.68 bits per heavy atom. The number of fused-ring (bicyclic) bond motifs is 4. The van der Waals surface area contributed by atoms with Crippen molar-refractivity contribution >= 4 is 44.6 Å². The van der Waals surface area contributed by atoms with Crippen LogP contribution in [-0.2, 0) is 29.1 Å². The fraction of sp³-hybridized carbons (Fsp3) is 0.467. The van der Waals surface area contributed by atoms with Crippen molar-refractivity contribution in [1.29, 1.82) is 0 Å². The minimum absolute atomic E-state index is 0.107. The molecule has 1 spiro atoms. The molecule has 0 aliphatic carbocycles. The number of esters is 2. The second kappa shape index (κ2) is 6.21. The molecule has 0 radical (unpaired) electrons. The molecule has 1 aromatic rings. The van der Waals surface area contributed by atoms with Crippen molar-refractivity contribution in [3.63, 3.8) is 0 Å². The molecule has 2 bridgehead atoms. The number of benzene rings is 1. The first-order chi connectivity index (χ1) is 12.9.